The lowest BCUT2D eigenvalue weighted by atomic mass is 9.93. The highest BCUT2D eigenvalue weighted by Crippen LogP contribution is 2.41. The fourth-order valence-corrected chi connectivity index (χ4v) is 4.27. The molecule has 2 aliphatic rings. The van der Waals surface area contributed by atoms with E-state index in [-0.39, 0.29) is 25.0 Å². The second-order valence-corrected chi connectivity index (χ2v) is 9.20. The first-order valence-corrected chi connectivity index (χ1v) is 12.2. The van der Waals surface area contributed by atoms with Crippen molar-refractivity contribution in [2.75, 3.05) is 66.0 Å². The Morgan fingerprint density at radius 2 is 1.92 bits per heavy atom. The minimum absolute atomic E-state index is 0.143. The molecule has 0 saturated carbocycles. The number of benzene rings is 1. The third kappa shape index (κ3) is 6.76. The zero-order valence-corrected chi connectivity index (χ0v) is 21.9. The molecule has 0 radical (unpaired) electrons. The summed E-state index contributed by atoms with van der Waals surface area (Å²) < 4.78 is 21.7. The Kier molecular flexibility index (Phi) is 9.72. The van der Waals surface area contributed by atoms with E-state index in [1.165, 1.54) is 4.90 Å². The van der Waals surface area contributed by atoms with E-state index in [0.717, 1.165) is 29.8 Å². The summed E-state index contributed by atoms with van der Waals surface area (Å²) >= 11 is 0. The first-order valence-electron chi connectivity index (χ1n) is 12.2. The van der Waals surface area contributed by atoms with Gasteiger partial charge in [-0.2, -0.15) is 0 Å². The van der Waals surface area contributed by atoms with Gasteiger partial charge in [0.05, 0.1) is 31.6 Å². The highest BCUT2D eigenvalue weighted by Gasteiger charge is 2.32. The maximum Gasteiger partial charge on any atom is 0.341 e. The second-order valence-electron chi connectivity index (χ2n) is 9.20. The number of ether oxygens (including phenoxy) is 4. The lowest BCUT2D eigenvalue weighted by Gasteiger charge is -2.26. The number of nitrogens with zero attached hydrogens (tertiary/aromatic N) is 2. The van der Waals surface area contributed by atoms with Crippen molar-refractivity contribution in [3.05, 3.63) is 33.9 Å². The predicted molar refractivity (Wildman–Crippen MR) is 134 cm³/mol. The summed E-state index contributed by atoms with van der Waals surface area (Å²) in [7, 11) is 4.82. The van der Waals surface area contributed by atoms with Gasteiger partial charge < -0.3 is 29.2 Å². The van der Waals surface area contributed by atoms with E-state index in [2.05, 4.69) is 10.2 Å². The normalized spacial score (nSPS) is 15.8. The van der Waals surface area contributed by atoms with Gasteiger partial charge in [0.25, 0.3) is 0 Å². The van der Waals surface area contributed by atoms with Crippen LogP contribution >= 0.6 is 0 Å². The summed E-state index contributed by atoms with van der Waals surface area (Å²) in [4.78, 5) is 40.9. The molecular formula is C26H37N3O7. The lowest BCUT2D eigenvalue weighted by molar-refractivity contribution is -0.144. The Bertz CT molecular complexity index is 1010. The minimum atomic E-state index is -0.466. The number of urea groups is 1. The van der Waals surface area contributed by atoms with Crippen LogP contribution in [0.5, 0.6) is 5.75 Å². The van der Waals surface area contributed by atoms with Crippen molar-refractivity contribution < 1.29 is 33.3 Å². The first kappa shape index (κ1) is 27.5. The molecule has 2 amide bonds. The van der Waals surface area contributed by atoms with Crippen molar-refractivity contribution >= 4 is 23.7 Å². The standard InChI is InChI=1S/C26H37N3O7/c1-17(7-9-21(30)35-15-12-29-10-13-34-14-11-29)6-8-19-23(27-26(32)28(3)4)22-20(16-36-25(22)31)18(2)24(19)33-5/h6H,7-16H2,1-5H3,(H,27,32). The molecule has 1 aromatic carbocycles. The van der Waals surface area contributed by atoms with Crippen molar-refractivity contribution in [1.82, 2.24) is 9.80 Å². The van der Waals surface area contributed by atoms with Gasteiger partial charge in [0.2, 0.25) is 0 Å². The van der Waals surface area contributed by atoms with Crippen molar-refractivity contribution in [1.29, 1.82) is 0 Å². The Morgan fingerprint density at radius 3 is 2.58 bits per heavy atom. The maximum absolute atomic E-state index is 12.5. The summed E-state index contributed by atoms with van der Waals surface area (Å²) in [5, 5.41) is 2.86. The van der Waals surface area contributed by atoms with Gasteiger partial charge in [-0.05, 0) is 32.3 Å². The number of hydrogen-bond acceptors (Lipinski definition) is 8. The van der Waals surface area contributed by atoms with Crippen LogP contribution in [0.4, 0.5) is 10.5 Å². The number of methoxy groups -OCH3 is 1. The molecule has 2 heterocycles. The van der Waals surface area contributed by atoms with E-state index in [0.29, 0.717) is 61.8 Å². The molecule has 1 fully saturated rings. The molecule has 198 valence electrons. The third-order valence-corrected chi connectivity index (χ3v) is 6.47. The Balaban J connectivity index is 1.68. The summed E-state index contributed by atoms with van der Waals surface area (Å²) in [5.74, 6) is -0.0945. The average molecular weight is 504 g/mol. The van der Waals surface area contributed by atoms with Gasteiger partial charge in [-0.3, -0.25) is 9.69 Å². The number of morpholine rings is 1. The van der Waals surface area contributed by atoms with Crippen molar-refractivity contribution in [3.8, 4) is 5.75 Å². The van der Waals surface area contributed by atoms with E-state index in [9.17, 15) is 14.4 Å². The van der Waals surface area contributed by atoms with Crippen LogP contribution in [-0.4, -0.2) is 88.4 Å². The average Bonchev–Trinajstić information content (AvgIpc) is 3.25. The highest BCUT2D eigenvalue weighted by molar-refractivity contribution is 6.05. The summed E-state index contributed by atoms with van der Waals surface area (Å²) in [5.41, 5.74) is 3.98. The van der Waals surface area contributed by atoms with Crippen LogP contribution in [0.2, 0.25) is 0 Å². The molecule has 1 saturated heterocycles. The van der Waals surface area contributed by atoms with Gasteiger partial charge in [-0.15, -0.1) is 0 Å². The monoisotopic (exact) mass is 503 g/mol. The van der Waals surface area contributed by atoms with E-state index in [1.54, 1.807) is 21.2 Å². The molecule has 0 aliphatic carbocycles. The molecule has 0 aromatic heterocycles. The largest absolute Gasteiger partial charge is 0.496 e. The fraction of sp³-hybridized carbons (Fsp3) is 0.577. The number of carbonyl (C=O) groups is 3. The second kappa shape index (κ2) is 12.7. The predicted octanol–water partition coefficient (Wildman–Crippen LogP) is 2.91. The number of rotatable bonds is 10. The van der Waals surface area contributed by atoms with E-state index in [4.69, 9.17) is 18.9 Å². The van der Waals surface area contributed by atoms with Crippen molar-refractivity contribution in [3.63, 3.8) is 0 Å². The van der Waals surface area contributed by atoms with Gasteiger partial charge in [-0.25, -0.2) is 9.59 Å². The zero-order chi connectivity index (χ0) is 26.2. The van der Waals surface area contributed by atoms with Crippen LogP contribution in [0.15, 0.2) is 11.6 Å². The fourth-order valence-electron chi connectivity index (χ4n) is 4.27. The highest BCUT2D eigenvalue weighted by atomic mass is 16.5. The van der Waals surface area contributed by atoms with Crippen LogP contribution < -0.4 is 10.1 Å². The Hall–Kier alpha value is -3.11. The number of anilines is 1. The van der Waals surface area contributed by atoms with Crippen molar-refractivity contribution in [2.24, 2.45) is 0 Å². The van der Waals surface area contributed by atoms with Crippen LogP contribution in [0.25, 0.3) is 0 Å². The van der Waals surface area contributed by atoms with Gasteiger partial charge >= 0.3 is 18.0 Å². The van der Waals surface area contributed by atoms with Gasteiger partial charge in [0.1, 0.15) is 19.0 Å². The molecule has 2 aliphatic heterocycles. The van der Waals surface area contributed by atoms with Gasteiger partial charge in [0, 0.05) is 51.3 Å². The molecule has 1 N–H and O–H groups in total. The SMILES string of the molecule is COc1c(C)c2c(c(NC(=O)N(C)C)c1CC=C(C)CCC(=O)OCCN1CCOCC1)C(=O)OC2. The topological polar surface area (TPSA) is 107 Å². The molecule has 1 aromatic rings. The number of nitrogens with one attached hydrogen (secondary N) is 1. The van der Waals surface area contributed by atoms with Gasteiger partial charge in [0.15, 0.2) is 0 Å². The molecule has 0 unspecified atom stereocenters. The summed E-state index contributed by atoms with van der Waals surface area (Å²) in [6.07, 6.45) is 3.22. The third-order valence-electron chi connectivity index (χ3n) is 6.47. The molecule has 0 bridgehead atoms. The molecular weight excluding hydrogens is 466 g/mol. The lowest BCUT2D eigenvalue weighted by Crippen LogP contribution is -2.38. The van der Waals surface area contributed by atoms with Gasteiger partial charge in [-0.1, -0.05) is 11.6 Å². The molecule has 0 spiro atoms. The molecule has 3 rings (SSSR count). The molecule has 10 nitrogen and oxygen atoms in total. The smallest absolute Gasteiger partial charge is 0.341 e. The number of carbonyl (C=O) groups excluding carboxylic acids is 3. The van der Waals surface area contributed by atoms with Crippen LogP contribution in [0, 0.1) is 6.92 Å². The number of fused-ring (bicyclic) bond motifs is 1. The Morgan fingerprint density at radius 1 is 1.19 bits per heavy atom. The van der Waals surface area contributed by atoms with Crippen molar-refractivity contribution in [2.45, 2.75) is 39.7 Å². The molecule has 10 heteroatoms. The minimum Gasteiger partial charge on any atom is -0.496 e. The van der Waals surface area contributed by atoms with Crippen LogP contribution in [0.3, 0.4) is 0 Å². The molecule has 0 atom stereocenters. The first-order chi connectivity index (χ1) is 17.2. The van der Waals surface area contributed by atoms with E-state index >= 15 is 0 Å². The zero-order valence-electron chi connectivity index (χ0n) is 21.9. The van der Waals surface area contributed by atoms with Crippen LogP contribution in [-0.2, 0) is 32.0 Å². The van der Waals surface area contributed by atoms with E-state index in [1.807, 2.05) is 19.9 Å². The number of esters is 2. The Labute approximate surface area is 212 Å². The maximum atomic E-state index is 12.5. The number of hydrogen-bond donors (Lipinski definition) is 1. The number of cyclic esters (lactones) is 1. The quantitative estimate of drug-likeness (QED) is 0.384. The van der Waals surface area contributed by atoms with Crippen LogP contribution in [0.1, 0.15) is 46.8 Å². The molecule has 36 heavy (non-hydrogen) atoms. The number of amides is 2. The summed E-state index contributed by atoms with van der Waals surface area (Å²) in [6, 6.07) is -0.357. The number of allylic oxidation sites excluding steroid dienone is 2. The van der Waals surface area contributed by atoms with E-state index < -0.39 is 5.97 Å². The summed E-state index contributed by atoms with van der Waals surface area (Å²) in [6.45, 7) is 8.21.